The number of hydrogen-bond donors (Lipinski definition) is 2. The molecule has 2 aromatic rings. The number of phosphoric ester groups is 1. The predicted molar refractivity (Wildman–Crippen MR) is 89.9 cm³/mol. The molecule has 0 radical (unpaired) electrons. The normalized spacial score (nSPS) is 24.6. The fraction of sp³-hybridized carbons (Fsp3) is 0.583. The van der Waals surface area contributed by atoms with Crippen LogP contribution in [0.15, 0.2) is 17.8 Å². The third-order valence-corrected chi connectivity index (χ3v) is 4.86. The lowest BCUT2D eigenvalue weighted by molar-refractivity contribution is -0.0589. The van der Waals surface area contributed by atoms with Crippen LogP contribution in [0.1, 0.15) is 12.6 Å². The highest BCUT2D eigenvalue weighted by atomic mass is 31.2. The molecule has 0 bridgehead atoms. The molecule has 146 valence electrons. The van der Waals surface area contributed by atoms with Crippen LogP contribution in [-0.2, 0) is 23.1 Å². The van der Waals surface area contributed by atoms with Gasteiger partial charge in [-0.1, -0.05) is 5.11 Å². The lowest BCUT2D eigenvalue weighted by atomic mass is 10.2. The number of aromatic nitrogens is 4. The maximum Gasteiger partial charge on any atom is 0.472 e. The monoisotopic (exact) mass is 400 g/mol. The maximum atomic E-state index is 11.5. The number of imidazole rings is 1. The summed E-state index contributed by atoms with van der Waals surface area (Å²) in [5.74, 6) is 0.231. The number of rotatable bonds is 8. The number of azide groups is 1. The van der Waals surface area contributed by atoms with E-state index in [1.54, 1.807) is 4.57 Å². The van der Waals surface area contributed by atoms with Crippen molar-refractivity contribution in [1.82, 2.24) is 19.5 Å². The van der Waals surface area contributed by atoms with E-state index in [2.05, 4.69) is 29.5 Å². The summed E-state index contributed by atoms with van der Waals surface area (Å²) in [6.45, 7) is -0.503. The van der Waals surface area contributed by atoms with E-state index >= 15 is 0 Å². The second kappa shape index (κ2) is 8.15. The molecule has 14 nitrogen and oxygen atoms in total. The molecule has 3 N–H and O–H groups in total. The minimum atomic E-state index is -4.18. The molecule has 0 spiro atoms. The van der Waals surface area contributed by atoms with E-state index in [9.17, 15) is 9.46 Å². The summed E-state index contributed by atoms with van der Waals surface area (Å²) in [5, 5.41) is 3.32. The number of fused-ring (bicyclic) bond motifs is 1. The molecule has 2 aromatic heterocycles. The van der Waals surface area contributed by atoms with Gasteiger partial charge in [-0.3, -0.25) is 13.6 Å². The number of nitrogens with zero attached hydrogens (tertiary/aromatic N) is 7. The molecular formula is C12H17N8O6P. The van der Waals surface area contributed by atoms with Crippen molar-refractivity contribution in [3.63, 3.8) is 0 Å². The first-order valence-corrected chi connectivity index (χ1v) is 9.18. The molecular weight excluding hydrogens is 383 g/mol. The first kappa shape index (κ1) is 19.5. The second-order valence-corrected chi connectivity index (χ2v) is 7.02. The Kier molecular flexibility index (Phi) is 5.87. The van der Waals surface area contributed by atoms with Gasteiger partial charge in [0.15, 0.2) is 11.5 Å². The number of phosphoric acid groups is 1. The van der Waals surface area contributed by atoms with Crippen LogP contribution < -0.4 is 5.73 Å². The maximum absolute atomic E-state index is 11.5. The zero-order valence-electron chi connectivity index (χ0n) is 14.2. The summed E-state index contributed by atoms with van der Waals surface area (Å²) in [6.07, 6.45) is 1.27. The largest absolute Gasteiger partial charge is 0.472 e. The third kappa shape index (κ3) is 4.34. The molecule has 27 heavy (non-hydrogen) atoms. The molecule has 1 saturated heterocycles. The number of hydrogen-bond acceptors (Lipinski definition) is 10. The molecule has 1 unspecified atom stereocenters. The van der Waals surface area contributed by atoms with Crippen LogP contribution in [0.4, 0.5) is 5.82 Å². The summed E-state index contributed by atoms with van der Waals surface area (Å²) in [6, 6.07) is 0. The fourth-order valence-corrected chi connectivity index (χ4v) is 3.09. The van der Waals surface area contributed by atoms with Gasteiger partial charge in [0.2, 0.25) is 0 Å². The van der Waals surface area contributed by atoms with E-state index in [4.69, 9.17) is 25.3 Å². The van der Waals surface area contributed by atoms with Crippen molar-refractivity contribution >= 4 is 24.8 Å². The third-order valence-electron chi connectivity index (χ3n) is 3.92. The van der Waals surface area contributed by atoms with Crippen LogP contribution in [-0.4, -0.2) is 57.1 Å². The van der Waals surface area contributed by atoms with Gasteiger partial charge < -0.3 is 20.1 Å². The number of anilines is 1. The molecule has 3 heterocycles. The first-order chi connectivity index (χ1) is 12.9. The zero-order chi connectivity index (χ0) is 19.4. The quantitative estimate of drug-likeness (QED) is 0.280. The summed E-state index contributed by atoms with van der Waals surface area (Å²) < 4.78 is 33.8. The van der Waals surface area contributed by atoms with Gasteiger partial charge in [0.25, 0.3) is 0 Å². The minimum Gasteiger partial charge on any atom is -0.382 e. The summed E-state index contributed by atoms with van der Waals surface area (Å²) in [7, 11) is -3.13. The van der Waals surface area contributed by atoms with Gasteiger partial charge in [0, 0.05) is 18.4 Å². The van der Waals surface area contributed by atoms with Gasteiger partial charge in [0.1, 0.15) is 30.9 Å². The van der Waals surface area contributed by atoms with Crippen molar-refractivity contribution in [2.24, 2.45) is 5.11 Å². The van der Waals surface area contributed by atoms with Crippen LogP contribution in [0, 0.1) is 0 Å². The van der Waals surface area contributed by atoms with Crippen molar-refractivity contribution in [1.29, 1.82) is 0 Å². The van der Waals surface area contributed by atoms with Gasteiger partial charge in [-0.2, -0.15) is 0 Å². The Hall–Kier alpha value is -2.31. The van der Waals surface area contributed by atoms with Crippen LogP contribution in [0.2, 0.25) is 0 Å². The Labute approximate surface area is 152 Å². The summed E-state index contributed by atoms with van der Waals surface area (Å²) in [5.41, 5.74) is 15.1. The SMILES string of the molecule is COP(=O)(O)OC[C@H]1O[C@@H](n2cnc3c(N)ncnc32)C[C@H]1OCN=[N+]=[N-]. The Morgan fingerprint density at radius 2 is 2.37 bits per heavy atom. The second-order valence-electron chi connectivity index (χ2n) is 5.46. The van der Waals surface area contributed by atoms with Crippen molar-refractivity contribution in [3.05, 3.63) is 23.1 Å². The van der Waals surface area contributed by atoms with Crippen LogP contribution in [0.25, 0.3) is 21.6 Å². The van der Waals surface area contributed by atoms with E-state index in [-0.39, 0.29) is 19.2 Å². The molecule has 15 heteroatoms. The Bertz CT molecular complexity index is 901. The van der Waals surface area contributed by atoms with E-state index in [1.807, 2.05) is 0 Å². The molecule has 1 fully saturated rings. The van der Waals surface area contributed by atoms with Crippen molar-refractivity contribution in [2.75, 3.05) is 26.2 Å². The lowest BCUT2D eigenvalue weighted by Crippen LogP contribution is -2.29. The summed E-state index contributed by atoms with van der Waals surface area (Å²) in [4.78, 5) is 24.2. The van der Waals surface area contributed by atoms with Gasteiger partial charge in [-0.05, 0) is 5.53 Å². The Morgan fingerprint density at radius 3 is 3.11 bits per heavy atom. The molecule has 1 aliphatic rings. The van der Waals surface area contributed by atoms with Gasteiger partial charge in [0.05, 0.1) is 19.0 Å². The van der Waals surface area contributed by atoms with E-state index < -0.39 is 26.3 Å². The van der Waals surface area contributed by atoms with Crippen LogP contribution in [0.3, 0.4) is 0 Å². The molecule has 0 aliphatic carbocycles. The van der Waals surface area contributed by atoms with Crippen molar-refractivity contribution in [3.8, 4) is 0 Å². The Balaban J connectivity index is 1.79. The minimum absolute atomic E-state index is 0.228. The van der Waals surface area contributed by atoms with E-state index in [0.29, 0.717) is 17.6 Å². The molecule has 0 amide bonds. The predicted octanol–water partition coefficient (Wildman–Crippen LogP) is 1.11. The molecule has 3 rings (SSSR count). The number of nitrogen functional groups attached to an aromatic ring is 1. The fourth-order valence-electron chi connectivity index (χ4n) is 2.65. The molecule has 0 saturated carbocycles. The molecule has 4 atom stereocenters. The van der Waals surface area contributed by atoms with Crippen molar-refractivity contribution in [2.45, 2.75) is 24.9 Å². The first-order valence-electron chi connectivity index (χ1n) is 7.69. The average Bonchev–Trinajstić information content (AvgIpc) is 3.25. The van der Waals surface area contributed by atoms with Gasteiger partial charge >= 0.3 is 7.82 Å². The van der Waals surface area contributed by atoms with Gasteiger partial charge in [-0.15, -0.1) is 0 Å². The number of nitrogens with two attached hydrogens (primary N) is 1. The number of ether oxygens (including phenoxy) is 2. The zero-order valence-corrected chi connectivity index (χ0v) is 15.0. The van der Waals surface area contributed by atoms with Crippen molar-refractivity contribution < 1.29 is 28.0 Å². The van der Waals surface area contributed by atoms with E-state index in [1.165, 1.54) is 12.7 Å². The Morgan fingerprint density at radius 1 is 1.56 bits per heavy atom. The highest BCUT2D eigenvalue weighted by molar-refractivity contribution is 7.47. The highest BCUT2D eigenvalue weighted by Crippen LogP contribution is 2.43. The van der Waals surface area contributed by atoms with Crippen LogP contribution in [0.5, 0.6) is 0 Å². The smallest absolute Gasteiger partial charge is 0.382 e. The van der Waals surface area contributed by atoms with Gasteiger partial charge in [-0.25, -0.2) is 19.5 Å². The average molecular weight is 400 g/mol. The summed E-state index contributed by atoms with van der Waals surface area (Å²) >= 11 is 0. The van der Waals surface area contributed by atoms with E-state index in [0.717, 1.165) is 7.11 Å². The standard InChI is InChI=1S/C12H17N8O6P/c1-23-27(21,22)25-3-8-7(24-6-18-19-14)2-9(26-8)20-5-17-10-11(13)15-4-16-12(10)20/h4-5,7-9H,2-3,6H2,1H3,(H,21,22)(H2,13,15,16)/t7-,8-,9-/m1/s1. The lowest BCUT2D eigenvalue weighted by Gasteiger charge is -2.19. The highest BCUT2D eigenvalue weighted by Gasteiger charge is 2.39. The molecule has 1 aliphatic heterocycles. The molecule has 0 aromatic carbocycles. The van der Waals surface area contributed by atoms with Crippen LogP contribution >= 0.6 is 7.82 Å². The topological polar surface area (TPSA) is 193 Å².